The Hall–Kier alpha value is -3.57. The highest BCUT2D eigenvalue weighted by Gasteiger charge is 2.56. The van der Waals surface area contributed by atoms with Crippen molar-refractivity contribution in [3.05, 3.63) is 107 Å². The lowest BCUT2D eigenvalue weighted by atomic mass is 9.86. The Labute approximate surface area is 241 Å². The van der Waals surface area contributed by atoms with Crippen LogP contribution in [0.15, 0.2) is 95.9 Å². The highest BCUT2D eigenvalue weighted by atomic mass is 35.5. The number of esters is 1. The number of hydrogen-bond acceptors (Lipinski definition) is 6. The third-order valence-electron chi connectivity index (χ3n) is 7.11. The van der Waals surface area contributed by atoms with E-state index in [1.54, 1.807) is 66.7 Å². The third kappa shape index (κ3) is 5.92. The lowest BCUT2D eigenvalue weighted by molar-refractivity contribution is -0.214. The van der Waals surface area contributed by atoms with Crippen molar-refractivity contribution >= 4 is 44.1 Å². The number of benzene rings is 4. The summed E-state index contributed by atoms with van der Waals surface area (Å²) in [5.74, 6) is -4.82. The van der Waals surface area contributed by atoms with E-state index in [1.807, 2.05) is 0 Å². The van der Waals surface area contributed by atoms with Gasteiger partial charge in [0.05, 0.1) is 4.90 Å². The number of halogens is 3. The number of hydrogen-bond donors (Lipinski definition) is 3. The summed E-state index contributed by atoms with van der Waals surface area (Å²) in [7, 11) is -4.28. The first-order valence-electron chi connectivity index (χ1n) is 12.8. The maximum Gasteiger partial charge on any atom is 0.324 e. The molecule has 4 aromatic rings. The molecule has 0 bridgehead atoms. The zero-order valence-electron chi connectivity index (χ0n) is 21.7. The largest absolute Gasteiger partial charge is 0.461 e. The topological polar surface area (TPSA) is 105 Å². The van der Waals surface area contributed by atoms with E-state index in [0.29, 0.717) is 16.3 Å². The fraction of sp³-hybridized carbons (Fsp3) is 0.233. The molecular weight excluding hydrogens is 574 g/mol. The average molecular weight is 601 g/mol. The van der Waals surface area contributed by atoms with E-state index >= 15 is 8.78 Å². The van der Waals surface area contributed by atoms with Gasteiger partial charge in [-0.25, -0.2) is 17.2 Å². The van der Waals surface area contributed by atoms with Gasteiger partial charge in [-0.2, -0.15) is 4.72 Å². The molecule has 2 atom stereocenters. The molecule has 7 nitrogen and oxygen atoms in total. The van der Waals surface area contributed by atoms with Gasteiger partial charge in [-0.1, -0.05) is 78.3 Å². The molecule has 0 aliphatic carbocycles. The van der Waals surface area contributed by atoms with E-state index in [2.05, 4.69) is 10.0 Å². The van der Waals surface area contributed by atoms with Crippen LogP contribution in [-0.4, -0.2) is 44.6 Å². The number of rotatable bonds is 8. The normalized spacial score (nSPS) is 19.0. The second kappa shape index (κ2) is 11.4. The smallest absolute Gasteiger partial charge is 0.324 e. The maximum absolute atomic E-state index is 15.3. The van der Waals surface area contributed by atoms with Crippen LogP contribution in [0.1, 0.15) is 17.5 Å². The SMILES string of the molecule is O=C(OC[C@@]1(O)c2cc(Cl)ccc2NCCC1(F)F)C(Cc1ccccc1)NS(=O)(=O)c1cccc2ccccc12. The third-order valence-corrected chi connectivity index (χ3v) is 8.88. The van der Waals surface area contributed by atoms with Crippen LogP contribution < -0.4 is 10.0 Å². The minimum Gasteiger partial charge on any atom is -0.461 e. The summed E-state index contributed by atoms with van der Waals surface area (Å²) in [6.07, 6.45) is -0.864. The van der Waals surface area contributed by atoms with Gasteiger partial charge in [0, 0.05) is 34.6 Å². The van der Waals surface area contributed by atoms with Gasteiger partial charge in [-0.3, -0.25) is 4.79 Å². The molecule has 0 fully saturated rings. The van der Waals surface area contributed by atoms with Crippen LogP contribution >= 0.6 is 11.6 Å². The molecule has 0 aromatic heterocycles. The predicted molar refractivity (Wildman–Crippen MR) is 153 cm³/mol. The van der Waals surface area contributed by atoms with E-state index in [9.17, 15) is 18.3 Å². The van der Waals surface area contributed by atoms with Crippen molar-refractivity contribution in [2.24, 2.45) is 0 Å². The van der Waals surface area contributed by atoms with Gasteiger partial charge in [-0.05, 0) is 41.6 Å². The molecule has 1 heterocycles. The average Bonchev–Trinajstić information content (AvgIpc) is 3.05. The summed E-state index contributed by atoms with van der Waals surface area (Å²) >= 11 is 6.06. The van der Waals surface area contributed by atoms with Crippen LogP contribution in [0.3, 0.4) is 0 Å². The molecule has 1 unspecified atom stereocenters. The Morgan fingerprint density at radius 2 is 1.73 bits per heavy atom. The minimum atomic E-state index is -4.28. The van der Waals surface area contributed by atoms with Crippen LogP contribution in [0.5, 0.6) is 0 Å². The number of fused-ring (bicyclic) bond motifs is 2. The Bertz CT molecular complexity index is 1680. The molecule has 41 heavy (non-hydrogen) atoms. The van der Waals surface area contributed by atoms with Crippen molar-refractivity contribution in [1.29, 1.82) is 0 Å². The van der Waals surface area contributed by atoms with E-state index in [-0.39, 0.29) is 34.1 Å². The Balaban J connectivity index is 1.46. The van der Waals surface area contributed by atoms with Crippen molar-refractivity contribution in [3.8, 4) is 0 Å². The fourth-order valence-corrected chi connectivity index (χ4v) is 6.52. The number of carbonyl (C=O) groups is 1. The highest BCUT2D eigenvalue weighted by molar-refractivity contribution is 7.89. The molecule has 3 N–H and O–H groups in total. The van der Waals surface area contributed by atoms with Crippen LogP contribution in [-0.2, 0) is 31.6 Å². The van der Waals surface area contributed by atoms with E-state index < -0.39 is 46.6 Å². The van der Waals surface area contributed by atoms with Crippen molar-refractivity contribution in [3.63, 3.8) is 0 Å². The van der Waals surface area contributed by atoms with Crippen molar-refractivity contribution in [1.82, 2.24) is 4.72 Å². The number of anilines is 1. The summed E-state index contributed by atoms with van der Waals surface area (Å²) < 4.78 is 65.5. The zero-order chi connectivity index (χ0) is 29.3. The van der Waals surface area contributed by atoms with Crippen LogP contribution in [0.25, 0.3) is 10.8 Å². The molecule has 214 valence electrons. The summed E-state index contributed by atoms with van der Waals surface area (Å²) in [6, 6.07) is 22.9. The Morgan fingerprint density at radius 3 is 2.51 bits per heavy atom. The van der Waals surface area contributed by atoms with Crippen LogP contribution in [0.2, 0.25) is 5.02 Å². The summed E-state index contributed by atoms with van der Waals surface area (Å²) in [5.41, 5.74) is -2.31. The number of ether oxygens (including phenoxy) is 1. The lowest BCUT2D eigenvalue weighted by Crippen LogP contribution is -2.51. The molecule has 1 aliphatic rings. The number of carbonyl (C=O) groups excluding carboxylic acids is 1. The first-order valence-corrected chi connectivity index (χ1v) is 14.7. The molecule has 0 spiro atoms. The monoisotopic (exact) mass is 600 g/mol. The molecule has 11 heteroatoms. The first kappa shape index (κ1) is 28.9. The van der Waals surface area contributed by atoms with Crippen LogP contribution in [0, 0.1) is 0 Å². The molecule has 0 saturated heterocycles. The number of alkyl halides is 2. The standard InChI is InChI=1S/C30H27ClF2N2O5S/c31-22-13-14-25-24(18-22)29(37,30(32,33)15-16-34-25)19-40-28(36)26(17-20-7-2-1-3-8-20)35-41(38,39)27-12-6-10-21-9-4-5-11-23(21)27/h1-14,18,26,34-35,37H,15-17,19H2/t26?,29-/m1/s1. The van der Waals surface area contributed by atoms with Gasteiger partial charge < -0.3 is 15.2 Å². The summed E-state index contributed by atoms with van der Waals surface area (Å²) in [5, 5.41) is 15.4. The number of nitrogens with one attached hydrogen (secondary N) is 2. The second-order valence-electron chi connectivity index (χ2n) is 9.88. The van der Waals surface area contributed by atoms with Gasteiger partial charge in [0.15, 0.2) is 5.60 Å². The molecule has 1 aliphatic heterocycles. The molecule has 4 aromatic carbocycles. The highest BCUT2D eigenvalue weighted by Crippen LogP contribution is 2.46. The van der Waals surface area contributed by atoms with Gasteiger partial charge in [0.1, 0.15) is 12.6 Å². The van der Waals surface area contributed by atoms with Crippen molar-refractivity contribution in [2.45, 2.75) is 35.3 Å². The summed E-state index contributed by atoms with van der Waals surface area (Å²) in [6.45, 7) is -1.27. The van der Waals surface area contributed by atoms with Crippen molar-refractivity contribution in [2.75, 3.05) is 18.5 Å². The van der Waals surface area contributed by atoms with E-state index in [1.165, 1.54) is 24.3 Å². The van der Waals surface area contributed by atoms with Gasteiger partial charge >= 0.3 is 5.97 Å². The summed E-state index contributed by atoms with van der Waals surface area (Å²) in [4.78, 5) is 13.4. The Kier molecular flexibility index (Phi) is 8.02. The second-order valence-corrected chi connectivity index (χ2v) is 12.0. The zero-order valence-corrected chi connectivity index (χ0v) is 23.3. The molecule has 0 radical (unpaired) electrons. The molecule has 5 rings (SSSR count). The quantitative estimate of drug-likeness (QED) is 0.238. The number of sulfonamides is 1. The van der Waals surface area contributed by atoms with Gasteiger partial charge in [0.25, 0.3) is 5.92 Å². The first-order chi connectivity index (χ1) is 19.5. The van der Waals surface area contributed by atoms with Gasteiger partial charge in [0.2, 0.25) is 10.0 Å². The van der Waals surface area contributed by atoms with E-state index in [4.69, 9.17) is 16.3 Å². The lowest BCUT2D eigenvalue weighted by Gasteiger charge is -2.35. The van der Waals surface area contributed by atoms with Crippen LogP contribution in [0.4, 0.5) is 14.5 Å². The predicted octanol–water partition coefficient (Wildman–Crippen LogP) is 5.26. The maximum atomic E-state index is 15.3. The molecule has 0 amide bonds. The molecule has 0 saturated carbocycles. The Morgan fingerprint density at radius 1 is 1.02 bits per heavy atom. The fourth-order valence-electron chi connectivity index (χ4n) is 4.93. The number of aliphatic hydroxyl groups is 1. The molecular formula is C30H27ClF2N2O5S. The van der Waals surface area contributed by atoms with Crippen molar-refractivity contribution < 1.29 is 31.8 Å². The van der Waals surface area contributed by atoms with Gasteiger partial charge in [-0.15, -0.1) is 0 Å². The minimum absolute atomic E-state index is 0.0509. The van der Waals surface area contributed by atoms with E-state index in [0.717, 1.165) is 0 Å².